The third-order valence-electron chi connectivity index (χ3n) is 4.30. The van der Waals surface area contributed by atoms with Crippen molar-refractivity contribution in [2.75, 3.05) is 33.3 Å². The van der Waals surface area contributed by atoms with Crippen LogP contribution in [0.5, 0.6) is 0 Å². The van der Waals surface area contributed by atoms with E-state index in [9.17, 15) is 9.59 Å². The van der Waals surface area contributed by atoms with Crippen LogP contribution in [0.1, 0.15) is 32.1 Å². The second kappa shape index (κ2) is 6.89. The monoisotopic (exact) mass is 268 g/mol. The molecule has 2 fully saturated rings. The van der Waals surface area contributed by atoms with E-state index in [1.54, 1.807) is 0 Å². The summed E-state index contributed by atoms with van der Waals surface area (Å²) in [6.07, 6.45) is 4.26. The SMILES string of the molecule is COC(=O)CC1CCN(C(=O)C2CCNCC2)CC1. The lowest BCUT2D eigenvalue weighted by molar-refractivity contribution is -0.142. The molecular formula is C14H24N2O3. The zero-order chi connectivity index (χ0) is 13.7. The molecule has 0 saturated carbocycles. The lowest BCUT2D eigenvalue weighted by Crippen LogP contribution is -2.44. The lowest BCUT2D eigenvalue weighted by Gasteiger charge is -2.35. The van der Waals surface area contributed by atoms with Crippen molar-refractivity contribution in [1.82, 2.24) is 10.2 Å². The van der Waals surface area contributed by atoms with E-state index >= 15 is 0 Å². The van der Waals surface area contributed by atoms with Gasteiger partial charge in [-0.2, -0.15) is 0 Å². The number of carbonyl (C=O) groups is 2. The van der Waals surface area contributed by atoms with Gasteiger partial charge in [-0.1, -0.05) is 0 Å². The summed E-state index contributed by atoms with van der Waals surface area (Å²) in [4.78, 5) is 25.6. The Morgan fingerprint density at radius 1 is 1.16 bits per heavy atom. The van der Waals surface area contributed by atoms with Crippen molar-refractivity contribution in [1.29, 1.82) is 0 Å². The van der Waals surface area contributed by atoms with Crippen LogP contribution in [0.4, 0.5) is 0 Å². The van der Waals surface area contributed by atoms with Gasteiger partial charge in [0.15, 0.2) is 0 Å². The number of amides is 1. The number of hydrogen-bond acceptors (Lipinski definition) is 4. The molecule has 1 N–H and O–H groups in total. The van der Waals surface area contributed by atoms with Crippen LogP contribution in [0.25, 0.3) is 0 Å². The fraction of sp³-hybridized carbons (Fsp3) is 0.857. The van der Waals surface area contributed by atoms with E-state index < -0.39 is 0 Å². The van der Waals surface area contributed by atoms with E-state index in [4.69, 9.17) is 4.74 Å². The molecule has 2 heterocycles. The van der Waals surface area contributed by atoms with Crippen LogP contribution in [-0.2, 0) is 14.3 Å². The molecule has 2 aliphatic heterocycles. The first-order chi connectivity index (χ1) is 9.20. The molecule has 1 amide bonds. The Morgan fingerprint density at radius 3 is 2.37 bits per heavy atom. The topological polar surface area (TPSA) is 58.6 Å². The molecule has 0 radical (unpaired) electrons. The van der Waals surface area contributed by atoms with Crippen molar-refractivity contribution in [2.45, 2.75) is 32.1 Å². The Bertz CT molecular complexity index is 319. The summed E-state index contributed by atoms with van der Waals surface area (Å²) in [7, 11) is 1.43. The molecule has 2 saturated heterocycles. The molecule has 2 rings (SSSR count). The minimum absolute atomic E-state index is 0.136. The summed E-state index contributed by atoms with van der Waals surface area (Å²) < 4.78 is 4.70. The largest absolute Gasteiger partial charge is 0.469 e. The average Bonchev–Trinajstić information content (AvgIpc) is 2.48. The second-order valence-corrected chi connectivity index (χ2v) is 5.57. The minimum Gasteiger partial charge on any atom is -0.469 e. The van der Waals surface area contributed by atoms with Gasteiger partial charge >= 0.3 is 5.97 Å². The Labute approximate surface area is 114 Å². The highest BCUT2D eigenvalue weighted by atomic mass is 16.5. The van der Waals surface area contributed by atoms with Crippen LogP contribution in [-0.4, -0.2) is 50.1 Å². The summed E-state index contributed by atoms with van der Waals surface area (Å²) >= 11 is 0. The molecular weight excluding hydrogens is 244 g/mol. The minimum atomic E-state index is -0.136. The molecule has 108 valence electrons. The first-order valence-corrected chi connectivity index (χ1v) is 7.27. The number of piperidine rings is 2. The van der Waals surface area contributed by atoms with Gasteiger partial charge in [-0.3, -0.25) is 9.59 Å². The van der Waals surface area contributed by atoms with Crippen molar-refractivity contribution >= 4 is 11.9 Å². The van der Waals surface area contributed by atoms with Gasteiger partial charge in [-0.25, -0.2) is 0 Å². The quantitative estimate of drug-likeness (QED) is 0.769. The summed E-state index contributed by atoms with van der Waals surface area (Å²) in [6, 6.07) is 0. The molecule has 0 bridgehead atoms. The molecule has 0 aromatic rings. The van der Waals surface area contributed by atoms with E-state index in [1.165, 1.54) is 7.11 Å². The van der Waals surface area contributed by atoms with Crippen molar-refractivity contribution < 1.29 is 14.3 Å². The zero-order valence-corrected chi connectivity index (χ0v) is 11.7. The number of esters is 1. The number of nitrogens with zero attached hydrogens (tertiary/aromatic N) is 1. The predicted octanol–water partition coefficient (Wildman–Crippen LogP) is 0.788. The maximum absolute atomic E-state index is 12.3. The third kappa shape index (κ3) is 3.93. The van der Waals surface area contributed by atoms with Gasteiger partial charge in [-0.05, 0) is 44.7 Å². The molecule has 5 nitrogen and oxygen atoms in total. The van der Waals surface area contributed by atoms with Crippen LogP contribution in [0.2, 0.25) is 0 Å². The van der Waals surface area contributed by atoms with Crippen molar-refractivity contribution in [3.63, 3.8) is 0 Å². The highest BCUT2D eigenvalue weighted by Crippen LogP contribution is 2.24. The van der Waals surface area contributed by atoms with Gasteiger partial charge < -0.3 is 15.0 Å². The number of ether oxygens (including phenoxy) is 1. The van der Waals surface area contributed by atoms with Crippen LogP contribution < -0.4 is 5.32 Å². The van der Waals surface area contributed by atoms with E-state index in [-0.39, 0.29) is 11.9 Å². The van der Waals surface area contributed by atoms with E-state index in [0.717, 1.165) is 51.9 Å². The first-order valence-electron chi connectivity index (χ1n) is 7.27. The number of likely N-dealkylation sites (tertiary alicyclic amines) is 1. The maximum Gasteiger partial charge on any atom is 0.305 e. The lowest BCUT2D eigenvalue weighted by atomic mass is 9.91. The van der Waals surface area contributed by atoms with Gasteiger partial charge in [0.25, 0.3) is 0 Å². The summed E-state index contributed by atoms with van der Waals surface area (Å²) in [5.74, 6) is 0.768. The van der Waals surface area contributed by atoms with Crippen LogP contribution in [0, 0.1) is 11.8 Å². The molecule has 0 aliphatic carbocycles. The van der Waals surface area contributed by atoms with Gasteiger partial charge in [-0.15, -0.1) is 0 Å². The highest BCUT2D eigenvalue weighted by molar-refractivity contribution is 5.79. The molecule has 0 unspecified atom stereocenters. The van der Waals surface area contributed by atoms with Gasteiger partial charge in [0.05, 0.1) is 7.11 Å². The normalized spacial score (nSPS) is 22.3. The predicted molar refractivity (Wildman–Crippen MR) is 71.5 cm³/mol. The van der Waals surface area contributed by atoms with Crippen LogP contribution >= 0.6 is 0 Å². The molecule has 0 aromatic carbocycles. The smallest absolute Gasteiger partial charge is 0.305 e. The number of nitrogens with one attached hydrogen (secondary N) is 1. The summed E-state index contributed by atoms with van der Waals surface area (Å²) in [5.41, 5.74) is 0. The average molecular weight is 268 g/mol. The number of carbonyl (C=O) groups excluding carboxylic acids is 2. The van der Waals surface area contributed by atoms with Gasteiger partial charge in [0.2, 0.25) is 5.91 Å². The molecule has 2 aliphatic rings. The third-order valence-corrected chi connectivity index (χ3v) is 4.30. The Hall–Kier alpha value is -1.10. The van der Waals surface area contributed by atoms with E-state index in [1.807, 2.05) is 4.90 Å². The fourth-order valence-corrected chi connectivity index (χ4v) is 3.00. The Kier molecular flexibility index (Phi) is 5.19. The van der Waals surface area contributed by atoms with Crippen LogP contribution in [0.3, 0.4) is 0 Å². The Balaban J connectivity index is 1.76. The Morgan fingerprint density at radius 2 is 1.79 bits per heavy atom. The summed E-state index contributed by atoms with van der Waals surface area (Å²) in [5, 5.41) is 3.29. The number of hydrogen-bond donors (Lipinski definition) is 1. The zero-order valence-electron chi connectivity index (χ0n) is 11.7. The molecule has 0 atom stereocenters. The highest BCUT2D eigenvalue weighted by Gasteiger charge is 2.29. The maximum atomic E-state index is 12.3. The van der Waals surface area contributed by atoms with E-state index in [0.29, 0.717) is 18.2 Å². The van der Waals surface area contributed by atoms with Crippen molar-refractivity contribution in [3.8, 4) is 0 Å². The van der Waals surface area contributed by atoms with Crippen molar-refractivity contribution in [2.24, 2.45) is 11.8 Å². The molecule has 0 aromatic heterocycles. The van der Waals surface area contributed by atoms with Crippen LogP contribution in [0.15, 0.2) is 0 Å². The number of methoxy groups -OCH3 is 1. The molecule has 19 heavy (non-hydrogen) atoms. The van der Waals surface area contributed by atoms with Gasteiger partial charge in [0.1, 0.15) is 0 Å². The van der Waals surface area contributed by atoms with Gasteiger partial charge in [0, 0.05) is 25.4 Å². The summed E-state index contributed by atoms with van der Waals surface area (Å²) in [6.45, 7) is 3.50. The van der Waals surface area contributed by atoms with Crippen molar-refractivity contribution in [3.05, 3.63) is 0 Å². The molecule has 5 heteroatoms. The number of rotatable bonds is 3. The molecule has 0 spiro atoms. The second-order valence-electron chi connectivity index (χ2n) is 5.57. The van der Waals surface area contributed by atoms with E-state index in [2.05, 4.69) is 5.32 Å². The standard InChI is InChI=1S/C14H24N2O3/c1-19-13(17)10-11-4-8-16(9-5-11)14(18)12-2-6-15-7-3-12/h11-12,15H,2-10H2,1H3. The fourth-order valence-electron chi connectivity index (χ4n) is 3.00. The first kappa shape index (κ1) is 14.3.